The number of hydrogen-bond donors (Lipinski definition) is 1. The summed E-state index contributed by atoms with van der Waals surface area (Å²) in [6.45, 7) is 0. The fourth-order valence-electron chi connectivity index (χ4n) is 2.37. The van der Waals surface area contributed by atoms with Crippen LogP contribution in [0.25, 0.3) is 0 Å². The number of nitrogens with zero attached hydrogens (tertiary/aromatic N) is 1. The van der Waals surface area contributed by atoms with E-state index in [1.165, 1.54) is 31.4 Å². The molecule has 1 saturated carbocycles. The zero-order valence-corrected chi connectivity index (χ0v) is 9.82. The lowest BCUT2D eigenvalue weighted by Gasteiger charge is -2.25. The summed E-state index contributed by atoms with van der Waals surface area (Å²) in [6.07, 6.45) is 6.04. The Morgan fingerprint density at radius 1 is 1.18 bits per heavy atom. The average Bonchev–Trinajstić information content (AvgIpc) is 2.38. The molecule has 1 aliphatic carbocycles. The van der Waals surface area contributed by atoms with Gasteiger partial charge in [-0.25, -0.2) is 4.39 Å². The number of halogens is 1. The minimum atomic E-state index is -0.321. The largest absolute Gasteiger partial charge is 0.295 e. The van der Waals surface area contributed by atoms with E-state index in [0.29, 0.717) is 6.04 Å². The van der Waals surface area contributed by atoms with Gasteiger partial charge in [-0.2, -0.15) is 5.26 Å². The number of nitriles is 1. The average molecular weight is 232 g/mol. The zero-order chi connectivity index (χ0) is 12.1. The Morgan fingerprint density at radius 2 is 1.82 bits per heavy atom. The highest BCUT2D eigenvalue weighted by atomic mass is 19.1. The second kappa shape index (κ2) is 5.79. The highest BCUT2D eigenvalue weighted by Crippen LogP contribution is 2.21. The molecule has 1 atom stereocenters. The first-order valence-electron chi connectivity index (χ1n) is 6.21. The standard InChI is InChI=1S/C14H17FN2/c15-12-8-6-11(7-9-12)14(10-16)17-13-4-2-1-3-5-13/h6-9,13-14,17H,1-5H2. The number of benzene rings is 1. The van der Waals surface area contributed by atoms with Gasteiger partial charge in [0.15, 0.2) is 0 Å². The monoisotopic (exact) mass is 232 g/mol. The van der Waals surface area contributed by atoms with Crippen molar-refractivity contribution in [3.8, 4) is 6.07 Å². The highest BCUT2D eigenvalue weighted by molar-refractivity contribution is 5.24. The van der Waals surface area contributed by atoms with Gasteiger partial charge in [-0.05, 0) is 30.5 Å². The highest BCUT2D eigenvalue weighted by Gasteiger charge is 2.18. The van der Waals surface area contributed by atoms with Gasteiger partial charge in [0, 0.05) is 6.04 Å². The normalized spacial score (nSPS) is 18.6. The summed E-state index contributed by atoms with van der Waals surface area (Å²) in [5.41, 5.74) is 0.847. The van der Waals surface area contributed by atoms with E-state index >= 15 is 0 Å². The summed E-state index contributed by atoms with van der Waals surface area (Å²) in [6, 6.07) is 8.53. The first-order chi connectivity index (χ1) is 8.29. The molecule has 2 nitrogen and oxygen atoms in total. The summed E-state index contributed by atoms with van der Waals surface area (Å²) < 4.78 is 12.8. The van der Waals surface area contributed by atoms with Crippen LogP contribution < -0.4 is 5.32 Å². The first-order valence-corrected chi connectivity index (χ1v) is 6.21. The molecule has 0 bridgehead atoms. The molecule has 0 amide bonds. The number of nitrogens with one attached hydrogen (secondary N) is 1. The zero-order valence-electron chi connectivity index (χ0n) is 9.82. The lowest BCUT2D eigenvalue weighted by atomic mass is 9.94. The van der Waals surface area contributed by atoms with Crippen molar-refractivity contribution in [2.45, 2.75) is 44.2 Å². The van der Waals surface area contributed by atoms with Gasteiger partial charge in [-0.3, -0.25) is 5.32 Å². The molecule has 1 unspecified atom stereocenters. The van der Waals surface area contributed by atoms with E-state index in [4.69, 9.17) is 0 Å². The molecule has 0 aliphatic heterocycles. The van der Waals surface area contributed by atoms with Crippen LogP contribution in [0.3, 0.4) is 0 Å². The molecule has 0 saturated heterocycles. The Kier molecular flexibility index (Phi) is 4.11. The molecule has 1 aliphatic rings. The van der Waals surface area contributed by atoms with Crippen molar-refractivity contribution < 1.29 is 4.39 Å². The van der Waals surface area contributed by atoms with Crippen LogP contribution in [0.4, 0.5) is 4.39 Å². The van der Waals surface area contributed by atoms with E-state index < -0.39 is 0 Å². The van der Waals surface area contributed by atoms with Gasteiger partial charge in [0.25, 0.3) is 0 Å². The third kappa shape index (κ3) is 3.28. The molecular formula is C14H17FN2. The van der Waals surface area contributed by atoms with Gasteiger partial charge >= 0.3 is 0 Å². The van der Waals surface area contributed by atoms with Gasteiger partial charge in [-0.15, -0.1) is 0 Å². The van der Waals surface area contributed by atoms with Gasteiger partial charge in [0.1, 0.15) is 11.9 Å². The third-order valence-electron chi connectivity index (χ3n) is 3.34. The van der Waals surface area contributed by atoms with Crippen molar-refractivity contribution in [3.63, 3.8) is 0 Å². The Hall–Kier alpha value is -1.40. The minimum absolute atomic E-state index is 0.261. The summed E-state index contributed by atoms with van der Waals surface area (Å²) in [7, 11) is 0. The molecule has 1 N–H and O–H groups in total. The van der Waals surface area contributed by atoms with Crippen LogP contribution in [-0.2, 0) is 0 Å². The summed E-state index contributed by atoms with van der Waals surface area (Å²) in [5.74, 6) is -0.261. The van der Waals surface area contributed by atoms with Crippen LogP contribution >= 0.6 is 0 Å². The molecule has 1 aromatic carbocycles. The van der Waals surface area contributed by atoms with E-state index in [-0.39, 0.29) is 11.9 Å². The molecular weight excluding hydrogens is 215 g/mol. The van der Waals surface area contributed by atoms with E-state index in [0.717, 1.165) is 18.4 Å². The first kappa shape index (κ1) is 12.1. The topological polar surface area (TPSA) is 35.8 Å². The van der Waals surface area contributed by atoms with Crippen molar-refractivity contribution in [3.05, 3.63) is 35.6 Å². The molecule has 0 spiro atoms. The third-order valence-corrected chi connectivity index (χ3v) is 3.34. The van der Waals surface area contributed by atoms with Gasteiger partial charge in [0.05, 0.1) is 6.07 Å². The molecule has 0 radical (unpaired) electrons. The van der Waals surface area contributed by atoms with Crippen molar-refractivity contribution >= 4 is 0 Å². The van der Waals surface area contributed by atoms with E-state index in [1.54, 1.807) is 12.1 Å². The minimum Gasteiger partial charge on any atom is -0.295 e. The lowest BCUT2D eigenvalue weighted by molar-refractivity contribution is 0.359. The SMILES string of the molecule is N#CC(NC1CCCCC1)c1ccc(F)cc1. The van der Waals surface area contributed by atoms with E-state index in [1.807, 2.05) is 0 Å². The Balaban J connectivity index is 2.01. The summed E-state index contributed by atoms with van der Waals surface area (Å²) in [5, 5.41) is 12.5. The van der Waals surface area contributed by atoms with E-state index in [2.05, 4.69) is 11.4 Å². The van der Waals surface area contributed by atoms with Gasteiger partial charge < -0.3 is 0 Å². The van der Waals surface area contributed by atoms with Crippen LogP contribution in [-0.4, -0.2) is 6.04 Å². The molecule has 0 aromatic heterocycles. The van der Waals surface area contributed by atoms with Crippen LogP contribution in [0.1, 0.15) is 43.7 Å². The molecule has 17 heavy (non-hydrogen) atoms. The van der Waals surface area contributed by atoms with Gasteiger partial charge in [-0.1, -0.05) is 31.4 Å². The quantitative estimate of drug-likeness (QED) is 0.867. The predicted octanol–water partition coefficient (Wildman–Crippen LogP) is 3.31. The lowest BCUT2D eigenvalue weighted by Crippen LogP contribution is -2.33. The predicted molar refractivity (Wildman–Crippen MR) is 64.8 cm³/mol. The van der Waals surface area contributed by atoms with Crippen molar-refractivity contribution in [2.75, 3.05) is 0 Å². The second-order valence-corrected chi connectivity index (χ2v) is 4.62. The van der Waals surface area contributed by atoms with Crippen LogP contribution in [0.2, 0.25) is 0 Å². The van der Waals surface area contributed by atoms with Crippen molar-refractivity contribution in [2.24, 2.45) is 0 Å². The van der Waals surface area contributed by atoms with E-state index in [9.17, 15) is 9.65 Å². The molecule has 90 valence electrons. The fraction of sp³-hybridized carbons (Fsp3) is 0.500. The van der Waals surface area contributed by atoms with Crippen molar-refractivity contribution in [1.82, 2.24) is 5.32 Å². The van der Waals surface area contributed by atoms with Crippen LogP contribution in [0.15, 0.2) is 24.3 Å². The van der Waals surface area contributed by atoms with Crippen molar-refractivity contribution in [1.29, 1.82) is 5.26 Å². The molecule has 3 heteroatoms. The maximum atomic E-state index is 12.8. The maximum Gasteiger partial charge on any atom is 0.123 e. The molecule has 2 rings (SSSR count). The Morgan fingerprint density at radius 3 is 2.41 bits per heavy atom. The Labute approximate surface area is 101 Å². The maximum absolute atomic E-state index is 12.8. The molecule has 1 aromatic rings. The smallest absolute Gasteiger partial charge is 0.123 e. The Bertz CT molecular complexity index is 388. The molecule has 0 heterocycles. The second-order valence-electron chi connectivity index (χ2n) is 4.62. The fourth-order valence-corrected chi connectivity index (χ4v) is 2.37. The van der Waals surface area contributed by atoms with Gasteiger partial charge in [0.2, 0.25) is 0 Å². The van der Waals surface area contributed by atoms with Crippen LogP contribution in [0.5, 0.6) is 0 Å². The van der Waals surface area contributed by atoms with Crippen LogP contribution in [0, 0.1) is 17.1 Å². The number of rotatable bonds is 3. The summed E-state index contributed by atoms with van der Waals surface area (Å²) in [4.78, 5) is 0. The number of hydrogen-bond acceptors (Lipinski definition) is 2. The summed E-state index contributed by atoms with van der Waals surface area (Å²) >= 11 is 0. The molecule has 1 fully saturated rings.